The van der Waals surface area contributed by atoms with Crippen molar-refractivity contribution in [2.24, 2.45) is 0 Å². The number of nitrogen functional groups attached to an aromatic ring is 1. The zero-order valence-corrected chi connectivity index (χ0v) is 16.6. The fourth-order valence-corrected chi connectivity index (χ4v) is 3.18. The maximum atomic E-state index is 13.0. The quantitative estimate of drug-likeness (QED) is 0.338. The second-order valence-corrected chi connectivity index (χ2v) is 7.05. The lowest BCUT2D eigenvalue weighted by Crippen LogP contribution is -2.37. The molecule has 1 amide bonds. The molecular formula is C20H17ClF3N5O2. The second-order valence-electron chi connectivity index (χ2n) is 6.64. The van der Waals surface area contributed by atoms with E-state index in [1.807, 2.05) is 0 Å². The minimum atomic E-state index is -4.54. The molecule has 0 bridgehead atoms. The smallest absolute Gasteiger partial charge is 0.397 e. The van der Waals surface area contributed by atoms with Gasteiger partial charge in [-0.1, -0.05) is 23.7 Å². The first-order valence-corrected chi connectivity index (χ1v) is 9.29. The number of amides is 1. The van der Waals surface area contributed by atoms with E-state index in [4.69, 9.17) is 22.7 Å². The molecule has 5 N–H and O–H groups in total. The molecule has 0 unspecified atom stereocenters. The minimum absolute atomic E-state index is 0.225. The molecule has 0 saturated carbocycles. The number of hydrogen-bond donors (Lipinski definition) is 4. The van der Waals surface area contributed by atoms with Crippen molar-refractivity contribution in [3.8, 4) is 0 Å². The van der Waals surface area contributed by atoms with Crippen LogP contribution in [0.1, 0.15) is 5.56 Å². The molecule has 0 radical (unpaired) electrons. The summed E-state index contributed by atoms with van der Waals surface area (Å²) in [6.45, 7) is -2.04. The molecule has 1 heterocycles. The second kappa shape index (κ2) is 8.68. The first kappa shape index (κ1) is 22.2. The molecule has 0 aliphatic carbocycles. The summed E-state index contributed by atoms with van der Waals surface area (Å²) in [6, 6.07) is 9.73. The van der Waals surface area contributed by atoms with Crippen LogP contribution in [0.3, 0.4) is 0 Å². The number of fused-ring (bicyclic) bond motifs is 1. The average Bonchev–Trinajstić information content (AvgIpc) is 2.70. The van der Waals surface area contributed by atoms with Gasteiger partial charge in [0.15, 0.2) is 0 Å². The predicted molar refractivity (Wildman–Crippen MR) is 114 cm³/mol. The predicted octanol–water partition coefficient (Wildman–Crippen LogP) is 3.66. The maximum Gasteiger partial charge on any atom is 0.405 e. The number of rotatable bonds is 6. The van der Waals surface area contributed by atoms with Gasteiger partial charge in [-0.2, -0.15) is 13.2 Å². The van der Waals surface area contributed by atoms with Crippen LogP contribution in [0.25, 0.3) is 10.8 Å². The number of carbonyl (C=O) groups excluding carboxylic acids is 1. The molecule has 0 atom stereocenters. The number of nitrogens with one attached hydrogen (secondary N) is 3. The molecule has 7 nitrogen and oxygen atoms in total. The van der Waals surface area contributed by atoms with Crippen LogP contribution in [0.4, 0.5) is 30.2 Å². The molecule has 11 heteroatoms. The van der Waals surface area contributed by atoms with Gasteiger partial charge in [-0.3, -0.25) is 9.59 Å². The summed E-state index contributed by atoms with van der Waals surface area (Å²) >= 11 is 6.10. The zero-order chi connectivity index (χ0) is 22.8. The van der Waals surface area contributed by atoms with Crippen LogP contribution in [-0.4, -0.2) is 29.4 Å². The van der Waals surface area contributed by atoms with Gasteiger partial charge in [0.05, 0.1) is 21.8 Å². The Morgan fingerprint density at radius 2 is 2.00 bits per heavy atom. The van der Waals surface area contributed by atoms with Gasteiger partial charge in [-0.15, -0.1) is 0 Å². The van der Waals surface area contributed by atoms with Gasteiger partial charge in [0.1, 0.15) is 13.1 Å². The molecule has 3 aromatic rings. The van der Waals surface area contributed by atoms with Gasteiger partial charge in [0.25, 0.3) is 5.56 Å². The van der Waals surface area contributed by atoms with E-state index < -0.39 is 30.7 Å². The van der Waals surface area contributed by atoms with Crippen LogP contribution in [0.5, 0.6) is 0 Å². The van der Waals surface area contributed by atoms with Gasteiger partial charge in [-0.05, 0) is 29.7 Å². The third-order valence-corrected chi connectivity index (χ3v) is 4.71. The van der Waals surface area contributed by atoms with Crippen molar-refractivity contribution in [3.63, 3.8) is 0 Å². The summed E-state index contributed by atoms with van der Waals surface area (Å²) in [5, 5.41) is 13.2. The Kier molecular flexibility index (Phi) is 6.21. The van der Waals surface area contributed by atoms with Gasteiger partial charge < -0.3 is 26.3 Å². The lowest BCUT2D eigenvalue weighted by molar-refractivity contribution is -0.138. The van der Waals surface area contributed by atoms with Crippen LogP contribution in [0.15, 0.2) is 47.4 Å². The van der Waals surface area contributed by atoms with E-state index >= 15 is 0 Å². The highest BCUT2D eigenvalue weighted by atomic mass is 35.5. The van der Waals surface area contributed by atoms with Crippen LogP contribution in [0, 0.1) is 5.41 Å². The Labute approximate surface area is 179 Å². The maximum absolute atomic E-state index is 13.0. The summed E-state index contributed by atoms with van der Waals surface area (Å²) in [7, 11) is 0. The van der Waals surface area contributed by atoms with Crippen molar-refractivity contribution in [1.29, 1.82) is 5.41 Å². The Morgan fingerprint density at radius 1 is 1.26 bits per heavy atom. The first-order valence-electron chi connectivity index (χ1n) is 8.91. The minimum Gasteiger partial charge on any atom is -0.397 e. The van der Waals surface area contributed by atoms with Crippen LogP contribution >= 0.6 is 11.6 Å². The van der Waals surface area contributed by atoms with E-state index in [1.165, 1.54) is 12.3 Å². The lowest BCUT2D eigenvalue weighted by atomic mass is 10.1. The van der Waals surface area contributed by atoms with Crippen molar-refractivity contribution < 1.29 is 18.0 Å². The molecule has 3 rings (SSSR count). The Morgan fingerprint density at radius 3 is 2.68 bits per heavy atom. The van der Waals surface area contributed by atoms with Gasteiger partial charge in [0.2, 0.25) is 5.91 Å². The number of nitrogens with zero attached hydrogens (tertiary/aromatic N) is 1. The number of hydrogen-bond acceptors (Lipinski definition) is 5. The number of carbonyl (C=O) groups is 1. The number of anilines is 3. The molecular weight excluding hydrogens is 435 g/mol. The normalized spacial score (nSPS) is 11.4. The highest BCUT2D eigenvalue weighted by molar-refractivity contribution is 6.34. The number of alkyl halides is 3. The van der Waals surface area contributed by atoms with Crippen LogP contribution in [-0.2, 0) is 11.3 Å². The molecule has 0 spiro atoms. The van der Waals surface area contributed by atoms with Crippen molar-refractivity contribution in [2.45, 2.75) is 12.7 Å². The van der Waals surface area contributed by atoms with Crippen molar-refractivity contribution in [2.75, 3.05) is 17.6 Å². The summed E-state index contributed by atoms with van der Waals surface area (Å²) in [5.41, 5.74) is 6.75. The number of aromatic nitrogens is 1. The Hall–Kier alpha value is -3.53. The molecule has 162 valence electrons. The van der Waals surface area contributed by atoms with E-state index in [2.05, 4.69) is 5.32 Å². The van der Waals surface area contributed by atoms with Crippen molar-refractivity contribution in [3.05, 3.63) is 63.5 Å². The summed E-state index contributed by atoms with van der Waals surface area (Å²) in [5.74, 6) is -0.940. The van der Waals surface area contributed by atoms with Crippen molar-refractivity contribution in [1.82, 2.24) is 9.88 Å². The van der Waals surface area contributed by atoms with Gasteiger partial charge in [-0.25, -0.2) is 0 Å². The third-order valence-electron chi connectivity index (χ3n) is 4.40. The lowest BCUT2D eigenvalue weighted by Gasteiger charge is -2.14. The number of benzene rings is 2. The Bertz CT molecular complexity index is 1220. The monoisotopic (exact) mass is 451 g/mol. The molecule has 1 aromatic heterocycles. The zero-order valence-electron chi connectivity index (χ0n) is 15.9. The molecule has 0 saturated heterocycles. The van der Waals surface area contributed by atoms with E-state index in [0.717, 1.165) is 10.8 Å². The average molecular weight is 452 g/mol. The third kappa shape index (κ3) is 5.15. The molecule has 31 heavy (non-hydrogen) atoms. The topological polar surface area (TPSA) is 113 Å². The van der Waals surface area contributed by atoms with E-state index in [9.17, 15) is 22.8 Å². The van der Waals surface area contributed by atoms with Crippen LogP contribution in [0.2, 0.25) is 5.02 Å². The highest BCUT2D eigenvalue weighted by Crippen LogP contribution is 2.30. The highest BCUT2D eigenvalue weighted by Gasteiger charge is 2.27. The number of pyridine rings is 1. The summed E-state index contributed by atoms with van der Waals surface area (Å²) < 4.78 is 37.9. The van der Waals surface area contributed by atoms with E-state index in [0.29, 0.717) is 22.3 Å². The Balaban J connectivity index is 1.96. The fourth-order valence-electron chi connectivity index (χ4n) is 2.95. The summed E-state index contributed by atoms with van der Waals surface area (Å²) in [6.07, 6.45) is -2.16. The molecule has 0 aliphatic rings. The fraction of sp³-hybridized carbons (Fsp3) is 0.150. The largest absolute Gasteiger partial charge is 0.405 e. The van der Waals surface area contributed by atoms with E-state index in [-0.39, 0.29) is 16.1 Å². The molecule has 2 aromatic carbocycles. The molecule has 0 fully saturated rings. The number of nitrogens with two attached hydrogens (primary N) is 1. The van der Waals surface area contributed by atoms with E-state index in [1.54, 1.807) is 35.6 Å². The van der Waals surface area contributed by atoms with Crippen LogP contribution < -0.4 is 21.9 Å². The number of halogens is 4. The first-order chi connectivity index (χ1) is 14.6. The van der Waals surface area contributed by atoms with Crippen molar-refractivity contribution >= 4 is 51.6 Å². The molecule has 0 aliphatic heterocycles. The van der Waals surface area contributed by atoms with Gasteiger partial charge >= 0.3 is 6.18 Å². The standard InChI is InChI=1S/C20H17ClF3N5O2/c21-14-7-13(6-12(8-25)18(14)26)28-15-3-1-2-11-4-5-29(19(31)17(11)15)9-16(30)27-10-20(22,23)24/h1-8,25,28H,9-10,26H2,(H,27,30). The van der Waals surface area contributed by atoms with Gasteiger partial charge in [0, 0.05) is 23.7 Å². The summed E-state index contributed by atoms with van der Waals surface area (Å²) in [4.78, 5) is 24.8. The SMILES string of the molecule is N=Cc1cc(Nc2cccc3ccn(CC(=O)NCC(F)(F)F)c(=O)c23)cc(Cl)c1N.